The van der Waals surface area contributed by atoms with Gasteiger partial charge in [-0.15, -0.1) is 0 Å². The zero-order valence-corrected chi connectivity index (χ0v) is 15.7. The van der Waals surface area contributed by atoms with E-state index in [9.17, 15) is 23.1 Å². The van der Waals surface area contributed by atoms with Crippen molar-refractivity contribution in [1.29, 1.82) is 0 Å². The second-order valence-corrected chi connectivity index (χ2v) is 8.12. The van der Waals surface area contributed by atoms with Crippen molar-refractivity contribution in [1.82, 2.24) is 0 Å². The lowest BCUT2D eigenvalue weighted by atomic mass is 10.1. The fourth-order valence-electron chi connectivity index (χ4n) is 3.55. The van der Waals surface area contributed by atoms with Gasteiger partial charge in [-0.25, -0.2) is 13.2 Å². The summed E-state index contributed by atoms with van der Waals surface area (Å²) in [6, 6.07) is 13.9. The molecule has 0 spiro atoms. The lowest BCUT2D eigenvalue weighted by Crippen LogP contribution is -2.32. The molecule has 0 unspecified atom stereocenters. The van der Waals surface area contributed by atoms with Crippen LogP contribution in [0.5, 0.6) is 0 Å². The Morgan fingerprint density at radius 1 is 1.07 bits per heavy atom. The molecule has 1 heterocycles. The lowest BCUT2D eigenvalue weighted by molar-refractivity contribution is 0.0697. The Morgan fingerprint density at radius 3 is 2.54 bits per heavy atom. The van der Waals surface area contributed by atoms with Crippen LogP contribution in [0.4, 0.5) is 11.4 Å². The molecule has 2 N–H and O–H groups in total. The van der Waals surface area contributed by atoms with Gasteiger partial charge in [0, 0.05) is 28.6 Å². The van der Waals surface area contributed by atoms with Gasteiger partial charge < -0.3 is 10.4 Å². The quantitative estimate of drug-likeness (QED) is 0.689. The number of sulfonamides is 1. The molecule has 1 aliphatic rings. The number of benzene rings is 3. The summed E-state index contributed by atoms with van der Waals surface area (Å²) in [5, 5.41) is 13.2. The number of para-hydroxylation sites is 1. The molecule has 0 aromatic heterocycles. The van der Waals surface area contributed by atoms with E-state index in [1.807, 2.05) is 0 Å². The molecule has 0 aliphatic carbocycles. The van der Waals surface area contributed by atoms with E-state index in [-0.39, 0.29) is 28.6 Å². The van der Waals surface area contributed by atoms with Gasteiger partial charge in [-0.2, -0.15) is 0 Å². The molecule has 1 amide bonds. The number of amides is 1. The van der Waals surface area contributed by atoms with E-state index >= 15 is 0 Å². The van der Waals surface area contributed by atoms with Gasteiger partial charge in [0.1, 0.15) is 0 Å². The number of rotatable bonds is 5. The van der Waals surface area contributed by atoms with Gasteiger partial charge in [-0.05, 0) is 37.3 Å². The summed E-state index contributed by atoms with van der Waals surface area (Å²) in [4.78, 5) is 23.7. The standard InChI is InChI=1S/C20H16N2O5S/c1-2-22(16-9-4-3-6-12(16)20(24)25)28(26,27)17-11-10-15-18-13(17)7-5-8-14(18)19(23)21-15/h3-11H,2H2,1H3,(H,21,23)(H,24,25). The molecule has 4 rings (SSSR count). The first kappa shape index (κ1) is 18.0. The lowest BCUT2D eigenvalue weighted by Gasteiger charge is -2.25. The van der Waals surface area contributed by atoms with Crippen LogP contribution < -0.4 is 9.62 Å². The maximum Gasteiger partial charge on any atom is 0.337 e. The normalized spacial score (nSPS) is 12.8. The number of nitrogens with one attached hydrogen (secondary N) is 1. The first-order valence-corrected chi connectivity index (χ1v) is 10.0. The summed E-state index contributed by atoms with van der Waals surface area (Å²) in [7, 11) is -4.08. The van der Waals surface area contributed by atoms with Crippen molar-refractivity contribution in [2.75, 3.05) is 16.2 Å². The number of nitrogens with zero attached hydrogens (tertiary/aromatic N) is 1. The van der Waals surface area contributed by atoms with Crippen LogP contribution in [0.25, 0.3) is 10.8 Å². The third-order valence-corrected chi connectivity index (χ3v) is 6.70. The molecule has 0 saturated heterocycles. The number of carboxylic acids is 1. The van der Waals surface area contributed by atoms with Gasteiger partial charge >= 0.3 is 5.97 Å². The predicted molar refractivity (Wildman–Crippen MR) is 106 cm³/mol. The molecule has 7 nitrogen and oxygen atoms in total. The molecule has 0 saturated carbocycles. The molecule has 3 aromatic rings. The van der Waals surface area contributed by atoms with Crippen molar-refractivity contribution in [3.63, 3.8) is 0 Å². The van der Waals surface area contributed by atoms with Gasteiger partial charge in [-0.1, -0.05) is 24.3 Å². The molecule has 3 aromatic carbocycles. The largest absolute Gasteiger partial charge is 0.478 e. The molecule has 0 fully saturated rings. The summed E-state index contributed by atoms with van der Waals surface area (Å²) in [5.74, 6) is -1.49. The summed E-state index contributed by atoms with van der Waals surface area (Å²) >= 11 is 0. The second-order valence-electron chi connectivity index (χ2n) is 6.29. The van der Waals surface area contributed by atoms with E-state index in [4.69, 9.17) is 0 Å². The highest BCUT2D eigenvalue weighted by atomic mass is 32.2. The Morgan fingerprint density at radius 2 is 1.82 bits per heavy atom. The van der Waals surface area contributed by atoms with Crippen LogP contribution >= 0.6 is 0 Å². The van der Waals surface area contributed by atoms with Crippen molar-refractivity contribution in [3.05, 3.63) is 65.7 Å². The van der Waals surface area contributed by atoms with Crippen LogP contribution in [0.15, 0.2) is 59.5 Å². The van der Waals surface area contributed by atoms with Crippen molar-refractivity contribution in [2.45, 2.75) is 11.8 Å². The maximum atomic E-state index is 13.5. The number of hydrogen-bond donors (Lipinski definition) is 2. The SMILES string of the molecule is CCN(c1ccccc1C(=O)O)S(=O)(=O)c1ccc2c3c(cccc13)C(=O)N2. The first-order valence-electron chi connectivity index (χ1n) is 8.58. The molecular formula is C20H16N2O5S. The Kier molecular flexibility index (Phi) is 4.08. The minimum Gasteiger partial charge on any atom is -0.478 e. The average molecular weight is 396 g/mol. The molecular weight excluding hydrogens is 380 g/mol. The highest BCUT2D eigenvalue weighted by Gasteiger charge is 2.31. The highest BCUT2D eigenvalue weighted by Crippen LogP contribution is 2.38. The Bertz CT molecular complexity index is 1250. The van der Waals surface area contributed by atoms with E-state index < -0.39 is 16.0 Å². The number of anilines is 2. The summed E-state index contributed by atoms with van der Waals surface area (Å²) in [5.41, 5.74) is 0.965. The van der Waals surface area contributed by atoms with Crippen molar-refractivity contribution in [2.24, 2.45) is 0 Å². The second kappa shape index (κ2) is 6.35. The van der Waals surface area contributed by atoms with E-state index in [1.165, 1.54) is 18.2 Å². The number of carboxylic acid groups (broad SMARTS) is 1. The van der Waals surface area contributed by atoms with Crippen LogP contribution in [0.1, 0.15) is 27.6 Å². The Labute approximate surface area is 161 Å². The van der Waals surface area contributed by atoms with Crippen molar-refractivity contribution >= 4 is 44.0 Å². The molecule has 8 heteroatoms. The Hall–Kier alpha value is -3.39. The summed E-state index contributed by atoms with van der Waals surface area (Å²) < 4.78 is 28.1. The first-order chi connectivity index (χ1) is 13.4. The van der Waals surface area contributed by atoms with E-state index in [1.54, 1.807) is 43.3 Å². The van der Waals surface area contributed by atoms with Crippen LogP contribution in [-0.2, 0) is 10.0 Å². The summed E-state index contributed by atoms with van der Waals surface area (Å²) in [6.07, 6.45) is 0. The molecule has 0 bridgehead atoms. The summed E-state index contributed by atoms with van der Waals surface area (Å²) in [6.45, 7) is 1.69. The monoisotopic (exact) mass is 396 g/mol. The Balaban J connectivity index is 1.96. The van der Waals surface area contributed by atoms with Gasteiger partial charge in [0.25, 0.3) is 15.9 Å². The fourth-order valence-corrected chi connectivity index (χ4v) is 5.23. The fraction of sp³-hybridized carbons (Fsp3) is 0.100. The topological polar surface area (TPSA) is 104 Å². The van der Waals surface area contributed by atoms with E-state index in [0.29, 0.717) is 22.0 Å². The van der Waals surface area contributed by atoms with Gasteiger partial charge in [0.2, 0.25) is 0 Å². The van der Waals surface area contributed by atoms with Gasteiger partial charge in [0.05, 0.1) is 16.1 Å². The number of hydrogen-bond acceptors (Lipinski definition) is 4. The van der Waals surface area contributed by atoms with Crippen LogP contribution in [0.3, 0.4) is 0 Å². The van der Waals surface area contributed by atoms with Gasteiger partial charge in [-0.3, -0.25) is 9.10 Å². The predicted octanol–water partition coefficient (Wildman–Crippen LogP) is 3.32. The highest BCUT2D eigenvalue weighted by molar-refractivity contribution is 7.93. The maximum absolute atomic E-state index is 13.5. The molecule has 0 atom stereocenters. The molecule has 1 aliphatic heterocycles. The van der Waals surface area contributed by atoms with Crippen LogP contribution in [0.2, 0.25) is 0 Å². The number of carbonyl (C=O) groups is 2. The minimum absolute atomic E-state index is 0.0200. The number of aromatic carboxylic acids is 1. The average Bonchev–Trinajstić information content (AvgIpc) is 3.00. The van der Waals surface area contributed by atoms with Crippen molar-refractivity contribution < 1.29 is 23.1 Å². The smallest absolute Gasteiger partial charge is 0.337 e. The van der Waals surface area contributed by atoms with E-state index in [0.717, 1.165) is 4.31 Å². The third-order valence-electron chi connectivity index (χ3n) is 4.75. The van der Waals surface area contributed by atoms with Gasteiger partial charge in [0.15, 0.2) is 0 Å². The van der Waals surface area contributed by atoms with Crippen LogP contribution in [0, 0.1) is 0 Å². The third kappa shape index (κ3) is 2.53. The number of carbonyl (C=O) groups excluding carboxylic acids is 1. The van der Waals surface area contributed by atoms with Crippen molar-refractivity contribution in [3.8, 4) is 0 Å². The zero-order valence-electron chi connectivity index (χ0n) is 14.8. The molecule has 0 radical (unpaired) electrons. The molecule has 142 valence electrons. The molecule has 28 heavy (non-hydrogen) atoms. The van der Waals surface area contributed by atoms with E-state index in [2.05, 4.69) is 5.32 Å². The minimum atomic E-state index is -4.08. The zero-order chi connectivity index (χ0) is 20.1. The van der Waals surface area contributed by atoms with Crippen LogP contribution in [-0.4, -0.2) is 31.9 Å².